The van der Waals surface area contributed by atoms with Gasteiger partial charge in [0.2, 0.25) is 5.82 Å². The Hall–Kier alpha value is -1.70. The zero-order valence-corrected chi connectivity index (χ0v) is 9.94. The Labute approximate surface area is 105 Å². The Kier molecular flexibility index (Phi) is 4.82. The molecule has 1 amide bonds. The number of hydrogen-bond donors (Lipinski definition) is 1. The van der Waals surface area contributed by atoms with Gasteiger partial charge in [-0.3, -0.25) is 4.79 Å². The summed E-state index contributed by atoms with van der Waals surface area (Å²) in [5.41, 5.74) is 3.73. The summed E-state index contributed by atoms with van der Waals surface area (Å²) in [6.45, 7) is 1.44. The minimum Gasteiger partial charge on any atom is -0.337 e. The highest BCUT2D eigenvalue weighted by atomic mass is 19.2. The van der Waals surface area contributed by atoms with Crippen molar-refractivity contribution in [2.24, 2.45) is 5.73 Å². The van der Waals surface area contributed by atoms with Crippen LogP contribution in [-0.4, -0.2) is 30.4 Å². The molecule has 0 aliphatic rings. The SMILES string of the molecule is CCN(CCN)C(=O)c1c(F)c(F)c(F)c(F)c1F. The molecule has 0 unspecified atom stereocenters. The monoisotopic (exact) mass is 282 g/mol. The highest BCUT2D eigenvalue weighted by molar-refractivity contribution is 5.94. The van der Waals surface area contributed by atoms with Crippen molar-refractivity contribution >= 4 is 5.91 Å². The number of carbonyl (C=O) groups excluding carboxylic acids is 1. The van der Waals surface area contributed by atoms with Crippen LogP contribution in [0.25, 0.3) is 0 Å². The Morgan fingerprint density at radius 1 is 1.00 bits per heavy atom. The van der Waals surface area contributed by atoms with Gasteiger partial charge in [0.05, 0.1) is 0 Å². The molecule has 0 heterocycles. The number of carbonyl (C=O) groups is 1. The lowest BCUT2D eigenvalue weighted by molar-refractivity contribution is 0.0755. The topological polar surface area (TPSA) is 46.3 Å². The van der Waals surface area contributed by atoms with Crippen molar-refractivity contribution < 1.29 is 26.7 Å². The molecule has 0 radical (unpaired) electrons. The van der Waals surface area contributed by atoms with Crippen molar-refractivity contribution in [3.8, 4) is 0 Å². The van der Waals surface area contributed by atoms with Gasteiger partial charge >= 0.3 is 0 Å². The van der Waals surface area contributed by atoms with Gasteiger partial charge in [-0.15, -0.1) is 0 Å². The molecule has 2 N–H and O–H groups in total. The second-order valence-electron chi connectivity index (χ2n) is 3.62. The van der Waals surface area contributed by atoms with Crippen LogP contribution in [0.5, 0.6) is 0 Å². The molecule has 1 aromatic rings. The number of nitrogens with zero attached hydrogens (tertiary/aromatic N) is 1. The summed E-state index contributed by atoms with van der Waals surface area (Å²) in [5, 5.41) is 0. The van der Waals surface area contributed by atoms with Crippen LogP contribution in [0, 0.1) is 29.1 Å². The molecule has 0 aromatic heterocycles. The third-order valence-electron chi connectivity index (χ3n) is 2.49. The van der Waals surface area contributed by atoms with Gasteiger partial charge < -0.3 is 10.6 Å². The fraction of sp³-hybridized carbons (Fsp3) is 0.364. The smallest absolute Gasteiger partial charge is 0.260 e. The first-order chi connectivity index (χ1) is 8.86. The molecule has 0 bridgehead atoms. The van der Waals surface area contributed by atoms with Crippen LogP contribution in [0.3, 0.4) is 0 Å². The van der Waals surface area contributed by atoms with Gasteiger partial charge in [0.15, 0.2) is 23.3 Å². The van der Waals surface area contributed by atoms with E-state index in [2.05, 4.69) is 0 Å². The molecule has 3 nitrogen and oxygen atoms in total. The van der Waals surface area contributed by atoms with E-state index < -0.39 is 40.6 Å². The molecule has 1 rings (SSSR count). The molecule has 8 heteroatoms. The van der Waals surface area contributed by atoms with E-state index in [0.717, 1.165) is 4.90 Å². The third-order valence-corrected chi connectivity index (χ3v) is 2.49. The van der Waals surface area contributed by atoms with Crippen LogP contribution in [0.1, 0.15) is 17.3 Å². The van der Waals surface area contributed by atoms with Gasteiger partial charge in [0.1, 0.15) is 5.56 Å². The average molecular weight is 282 g/mol. The molecule has 1 aromatic carbocycles. The van der Waals surface area contributed by atoms with Crippen LogP contribution >= 0.6 is 0 Å². The molecule has 0 saturated carbocycles. The fourth-order valence-electron chi connectivity index (χ4n) is 1.51. The van der Waals surface area contributed by atoms with Gasteiger partial charge in [-0.1, -0.05) is 0 Å². The van der Waals surface area contributed by atoms with Crippen molar-refractivity contribution in [1.82, 2.24) is 4.90 Å². The predicted molar refractivity (Wildman–Crippen MR) is 56.9 cm³/mol. The van der Waals surface area contributed by atoms with Gasteiger partial charge in [-0.2, -0.15) is 0 Å². The van der Waals surface area contributed by atoms with E-state index in [1.54, 1.807) is 0 Å². The molecule has 19 heavy (non-hydrogen) atoms. The maximum absolute atomic E-state index is 13.4. The lowest BCUT2D eigenvalue weighted by Crippen LogP contribution is -2.36. The van der Waals surface area contributed by atoms with Crippen LogP contribution in [0.15, 0.2) is 0 Å². The number of amides is 1. The van der Waals surface area contributed by atoms with E-state index in [0.29, 0.717) is 0 Å². The third kappa shape index (κ3) is 2.67. The maximum Gasteiger partial charge on any atom is 0.260 e. The molecule has 0 atom stereocenters. The van der Waals surface area contributed by atoms with Crippen molar-refractivity contribution in [1.29, 1.82) is 0 Å². The molecule has 0 fully saturated rings. The Bertz CT molecular complexity index is 477. The molecule has 0 saturated heterocycles. The van der Waals surface area contributed by atoms with E-state index in [1.807, 2.05) is 0 Å². The second kappa shape index (κ2) is 5.96. The van der Waals surface area contributed by atoms with Crippen LogP contribution in [0.4, 0.5) is 22.0 Å². The fourth-order valence-corrected chi connectivity index (χ4v) is 1.51. The normalized spacial score (nSPS) is 10.7. The van der Waals surface area contributed by atoms with Gasteiger partial charge in [0, 0.05) is 19.6 Å². The zero-order chi connectivity index (χ0) is 14.7. The summed E-state index contributed by atoms with van der Waals surface area (Å²) in [6, 6.07) is 0. The van der Waals surface area contributed by atoms with Crippen molar-refractivity contribution in [2.45, 2.75) is 6.92 Å². The lowest BCUT2D eigenvalue weighted by Gasteiger charge is -2.20. The molecule has 106 valence electrons. The number of halogens is 5. The molecule has 0 aliphatic heterocycles. The van der Waals surface area contributed by atoms with Crippen LogP contribution in [-0.2, 0) is 0 Å². The highest BCUT2D eigenvalue weighted by Gasteiger charge is 2.31. The number of benzene rings is 1. The molecule has 0 aliphatic carbocycles. The minimum absolute atomic E-state index is 0.00498. The number of likely N-dealkylation sites (N-methyl/N-ethyl adjacent to an activating group) is 1. The quantitative estimate of drug-likeness (QED) is 0.520. The van der Waals surface area contributed by atoms with Crippen LogP contribution in [0.2, 0.25) is 0 Å². The largest absolute Gasteiger partial charge is 0.337 e. The lowest BCUT2D eigenvalue weighted by atomic mass is 10.1. The van der Waals surface area contributed by atoms with E-state index in [1.165, 1.54) is 6.92 Å². The van der Waals surface area contributed by atoms with Crippen LogP contribution < -0.4 is 5.73 Å². The first-order valence-electron chi connectivity index (χ1n) is 5.37. The molecular formula is C11H11F5N2O. The van der Waals surface area contributed by atoms with E-state index in [4.69, 9.17) is 5.73 Å². The maximum atomic E-state index is 13.4. The number of hydrogen-bond acceptors (Lipinski definition) is 2. The summed E-state index contributed by atoms with van der Waals surface area (Å²) in [6.07, 6.45) is 0. The Morgan fingerprint density at radius 2 is 1.42 bits per heavy atom. The van der Waals surface area contributed by atoms with Crippen molar-refractivity contribution in [3.05, 3.63) is 34.6 Å². The number of rotatable bonds is 4. The first kappa shape index (κ1) is 15.4. The second-order valence-corrected chi connectivity index (χ2v) is 3.62. The Morgan fingerprint density at radius 3 is 1.79 bits per heavy atom. The zero-order valence-electron chi connectivity index (χ0n) is 9.94. The minimum atomic E-state index is -2.30. The van der Waals surface area contributed by atoms with Gasteiger partial charge in [0.25, 0.3) is 5.91 Å². The standard InChI is InChI=1S/C11H11F5N2O/c1-2-18(4-3-17)11(19)5-6(12)8(14)10(16)9(15)7(5)13/h2-4,17H2,1H3. The summed E-state index contributed by atoms with van der Waals surface area (Å²) in [5.74, 6) is -12.2. The number of nitrogens with two attached hydrogens (primary N) is 1. The summed E-state index contributed by atoms with van der Waals surface area (Å²) in [7, 11) is 0. The highest BCUT2D eigenvalue weighted by Crippen LogP contribution is 2.24. The van der Waals surface area contributed by atoms with Gasteiger partial charge in [-0.25, -0.2) is 22.0 Å². The summed E-state index contributed by atoms with van der Waals surface area (Å²) in [4.78, 5) is 12.6. The van der Waals surface area contributed by atoms with E-state index >= 15 is 0 Å². The molecule has 0 spiro atoms. The average Bonchev–Trinajstić information content (AvgIpc) is 2.40. The Balaban J connectivity index is 3.38. The molecular weight excluding hydrogens is 271 g/mol. The van der Waals surface area contributed by atoms with E-state index in [9.17, 15) is 26.7 Å². The van der Waals surface area contributed by atoms with E-state index in [-0.39, 0.29) is 19.6 Å². The van der Waals surface area contributed by atoms with Crippen molar-refractivity contribution in [3.63, 3.8) is 0 Å². The van der Waals surface area contributed by atoms with Gasteiger partial charge in [-0.05, 0) is 6.92 Å². The van der Waals surface area contributed by atoms with Crippen molar-refractivity contribution in [2.75, 3.05) is 19.6 Å². The summed E-state index contributed by atoms with van der Waals surface area (Å²) >= 11 is 0. The summed E-state index contributed by atoms with van der Waals surface area (Å²) < 4.78 is 65.5. The first-order valence-corrected chi connectivity index (χ1v) is 5.37. The predicted octanol–water partition coefficient (Wildman–Crippen LogP) is 1.80.